The van der Waals surface area contributed by atoms with E-state index in [4.69, 9.17) is 34.9 Å². The summed E-state index contributed by atoms with van der Waals surface area (Å²) in [5.74, 6) is 7.92. The summed E-state index contributed by atoms with van der Waals surface area (Å²) >= 11 is 0. The largest absolute Gasteiger partial charge is 0.481 e. The molecule has 3 aromatic heterocycles. The molecule has 624 valence electrons. The number of nitrogens with one attached hydrogen (secondary N) is 3. The number of carbonyl (C=O) groups excluding carboxylic acids is 1. The molecule has 0 aromatic carbocycles. The van der Waals surface area contributed by atoms with Gasteiger partial charge in [-0.25, -0.2) is 9.67 Å². The Hall–Kier alpha value is -5.32. The summed E-state index contributed by atoms with van der Waals surface area (Å²) < 4.78 is 30.0. The zero-order valence-corrected chi connectivity index (χ0v) is 73.7. The first kappa shape index (κ1) is 87.5. The van der Waals surface area contributed by atoms with Crippen molar-refractivity contribution in [1.82, 2.24) is 45.7 Å². The van der Waals surface area contributed by atoms with Crippen LogP contribution >= 0.6 is 0 Å². The molecule has 20 nitrogen and oxygen atoms in total. The number of allylic oxidation sites excluding steroid dienone is 2. The molecule has 4 bridgehead atoms. The minimum absolute atomic E-state index is 0.00491. The molecular formula is C92H147N11O9. The first-order valence-corrected chi connectivity index (χ1v) is 42.7. The van der Waals surface area contributed by atoms with Gasteiger partial charge in [0.05, 0.1) is 76.1 Å². The molecule has 24 atom stereocenters. The summed E-state index contributed by atoms with van der Waals surface area (Å²) in [6.45, 7) is 54.6. The van der Waals surface area contributed by atoms with Gasteiger partial charge in [-0.05, 0) is 220 Å². The van der Waals surface area contributed by atoms with Crippen molar-refractivity contribution in [3.63, 3.8) is 0 Å². The second-order valence-corrected chi connectivity index (χ2v) is 42.6. The fourth-order valence-electron chi connectivity index (χ4n) is 26.0. The number of aliphatic imine (C=N–C) groups is 1. The molecule has 13 rings (SSSR count). The molecule has 20 heteroatoms. The van der Waals surface area contributed by atoms with Crippen LogP contribution in [0.2, 0.25) is 0 Å². The number of nitrogens with two attached hydrogens (primary N) is 1. The van der Waals surface area contributed by atoms with Gasteiger partial charge >= 0.3 is 11.9 Å². The quantitative estimate of drug-likeness (QED) is 0.0214. The van der Waals surface area contributed by atoms with Crippen LogP contribution in [0, 0.1) is 124 Å². The second kappa shape index (κ2) is 31.2. The first-order chi connectivity index (χ1) is 52.2. The second-order valence-electron chi connectivity index (χ2n) is 42.6. The van der Waals surface area contributed by atoms with Crippen LogP contribution in [0.1, 0.15) is 246 Å². The minimum atomic E-state index is -0.618. The van der Waals surface area contributed by atoms with Crippen LogP contribution in [-0.4, -0.2) is 161 Å². The van der Waals surface area contributed by atoms with Gasteiger partial charge in [-0.15, -0.1) is 0 Å². The summed E-state index contributed by atoms with van der Waals surface area (Å²) in [7, 11) is 7.69. The Balaban J connectivity index is 0.000000193. The van der Waals surface area contributed by atoms with E-state index in [2.05, 4.69) is 200 Å². The van der Waals surface area contributed by atoms with Crippen molar-refractivity contribution in [2.45, 2.75) is 265 Å². The van der Waals surface area contributed by atoms with Crippen molar-refractivity contribution in [3.05, 3.63) is 84.2 Å². The van der Waals surface area contributed by atoms with Crippen LogP contribution in [0.5, 0.6) is 0 Å². The van der Waals surface area contributed by atoms with E-state index in [0.717, 1.165) is 88.4 Å². The third kappa shape index (κ3) is 14.0. The first-order valence-electron chi connectivity index (χ1n) is 42.7. The summed E-state index contributed by atoms with van der Waals surface area (Å²) in [6, 6.07) is 7.22. The highest BCUT2D eigenvalue weighted by molar-refractivity contribution is 5.98. The fraction of sp³-hybridized carbons (Fsp3) is 0.783. The molecule has 5 heterocycles. The molecule has 7 N–H and O–H groups in total. The molecular weight excluding hydrogens is 1400 g/mol. The Bertz CT molecular complexity index is 3950. The highest BCUT2D eigenvalue weighted by atomic mass is 16.5. The Labute approximate surface area is 673 Å². The molecule has 3 aromatic rings. The monoisotopic (exact) mass is 1550 g/mol. The fourth-order valence-corrected chi connectivity index (χ4v) is 26.0. The Morgan fingerprint density at radius 2 is 1.05 bits per heavy atom. The molecule has 2 aliphatic heterocycles. The van der Waals surface area contributed by atoms with Crippen LogP contribution in [0.25, 0.3) is 11.4 Å². The van der Waals surface area contributed by atoms with E-state index in [1.165, 1.54) is 11.9 Å². The molecule has 0 spiro atoms. The Morgan fingerprint density at radius 1 is 0.625 bits per heavy atom. The van der Waals surface area contributed by atoms with Gasteiger partial charge in [0.25, 0.3) is 5.91 Å². The van der Waals surface area contributed by atoms with Gasteiger partial charge in [0.15, 0.2) is 5.82 Å². The number of fused-ring (bicyclic) bond motifs is 6. The highest BCUT2D eigenvalue weighted by Crippen LogP contribution is 2.78. The van der Waals surface area contributed by atoms with E-state index in [9.17, 15) is 24.6 Å². The topological polar surface area (TPSA) is 263 Å². The lowest BCUT2D eigenvalue weighted by molar-refractivity contribution is -0.253. The standard InChI is InChI=1S/C45H69N5O4.C38H67N3O4.C9H11N3O/c1-28(2)29(3)40(7)19-20-42(9)31-13-14-34-41(8)24-53-26-45(34,32(31)15-18-43(42,10)35(40)38(51)52)23-33(36(41)54-25-44(11,46-12)39(4,5)6)50-37(48-27-49-50)30-16-21-47-22-17-30;1-23(2)24(3)33(7)17-18-35(9)25-13-14-28-34(8)20-44-22-38(28,26(25)15-16-36(35,10)29(33)31(42)43)19-27(41-39)30(34)45-21-37(11,40-12)32(4,5)6;1-12(2)7-11-9(13)8-3-5-10-6-4-8/h15-17,21-22,27-29,31,33-36,46H,13-14,18-20,23-26H2,1-12H3,(H,51,52);15,23-25,27-30,40-41H,13-14,16-22,39H2,1-12H3,(H,42,43);3-7H,1-2H3/t29-,31+,33-,34+,35-,36+,40-,41-,42-,43+,44+,45+;24-,25+,27-,28+,29-,30+,33-,34-,35-,36+,37+,38+;/m11./s1. The van der Waals surface area contributed by atoms with Crippen LogP contribution in [-0.2, 0) is 28.5 Å². The lowest BCUT2D eigenvalue weighted by Crippen LogP contribution is -2.72. The van der Waals surface area contributed by atoms with Gasteiger partial charge < -0.3 is 44.7 Å². The number of likely N-dealkylation sites (N-methyl/N-ethyl adjacent to an activating group) is 2. The summed E-state index contributed by atoms with van der Waals surface area (Å²) in [4.78, 5) is 56.6. The van der Waals surface area contributed by atoms with E-state index in [-0.39, 0.29) is 112 Å². The lowest BCUT2D eigenvalue weighted by Gasteiger charge is -2.71. The molecule has 2 saturated heterocycles. The van der Waals surface area contributed by atoms with E-state index >= 15 is 0 Å². The summed E-state index contributed by atoms with van der Waals surface area (Å²) in [5, 5.41) is 34.3. The lowest BCUT2D eigenvalue weighted by atomic mass is 9.34. The summed E-state index contributed by atoms with van der Waals surface area (Å²) in [5.41, 5.74) is 5.14. The SMILES string of the molecule is CN(C)C=NC(=O)c1ccncc1.CN[C@@](C)(CO[C@H]1[C@H](NN)C[C@@]23COC[C@]1(C)[C@@H]2CC[C@H]1C3=CC[C@@]2(C)[C@H](C(=O)O)[C@@](C)([C@H](C)C(C)C)CC[C@]12C)C(C)(C)C.CN[C@@](C)(CO[C@H]1[C@H](n2ncnc2-c2ccncc2)C[C@@]23COC[C@]1(C)[C@@H]2CC[C@H]1C3=CC[C@@]2(C)[C@H](C(=O)O)[C@@](C)([C@H](C)C(C)C)CC[C@]12C)C(C)(C)C. The molecule has 8 fully saturated rings. The van der Waals surface area contributed by atoms with Gasteiger partial charge in [0, 0.05) is 88.8 Å². The molecule has 6 saturated carbocycles. The van der Waals surface area contributed by atoms with Gasteiger partial charge in [-0.2, -0.15) is 10.1 Å². The van der Waals surface area contributed by atoms with Crippen molar-refractivity contribution in [2.24, 2.45) is 135 Å². The number of aromatic nitrogens is 5. The number of hydrogen-bond donors (Lipinski definition) is 6. The van der Waals surface area contributed by atoms with E-state index in [1.54, 1.807) is 41.3 Å². The van der Waals surface area contributed by atoms with Crippen molar-refractivity contribution in [1.29, 1.82) is 0 Å². The van der Waals surface area contributed by atoms with Crippen molar-refractivity contribution < 1.29 is 43.5 Å². The maximum absolute atomic E-state index is 13.6. The number of hydrogen-bond acceptors (Lipinski definition) is 15. The number of carboxylic acid groups (broad SMARTS) is 2. The zero-order valence-electron chi connectivity index (χ0n) is 73.7. The number of nitrogens with zero attached hydrogens (tertiary/aromatic N) is 7. The van der Waals surface area contributed by atoms with Crippen LogP contribution in [0.15, 0.2) is 83.7 Å². The highest BCUT2D eigenvalue weighted by Gasteiger charge is 2.75. The predicted molar refractivity (Wildman–Crippen MR) is 445 cm³/mol. The number of amides is 1. The van der Waals surface area contributed by atoms with Crippen molar-refractivity contribution >= 4 is 24.2 Å². The molecule has 0 unspecified atom stereocenters. The number of ether oxygens (including phenoxy) is 4. The number of carboxylic acids is 2. The Kier molecular flexibility index (Phi) is 24.4. The molecule has 0 radical (unpaired) electrons. The van der Waals surface area contributed by atoms with Gasteiger partial charge in [0.1, 0.15) is 6.33 Å². The summed E-state index contributed by atoms with van der Waals surface area (Å²) in [6.07, 6.45) is 26.5. The van der Waals surface area contributed by atoms with Crippen molar-refractivity contribution in [2.75, 3.05) is 67.8 Å². The zero-order chi connectivity index (χ0) is 82.6. The van der Waals surface area contributed by atoms with E-state index < -0.39 is 17.9 Å². The third-order valence-corrected chi connectivity index (χ3v) is 35.1. The number of hydrazine groups is 1. The van der Waals surface area contributed by atoms with Gasteiger partial charge in [0.2, 0.25) is 0 Å². The molecule has 112 heavy (non-hydrogen) atoms. The molecule has 1 amide bonds. The average molecular weight is 1550 g/mol. The van der Waals surface area contributed by atoms with E-state index in [0.29, 0.717) is 92.5 Å². The number of rotatable bonds is 19. The smallest absolute Gasteiger partial charge is 0.307 e. The van der Waals surface area contributed by atoms with Crippen LogP contribution in [0.4, 0.5) is 0 Å². The number of pyridine rings is 2. The molecule has 8 aliphatic carbocycles. The maximum Gasteiger partial charge on any atom is 0.307 e. The van der Waals surface area contributed by atoms with E-state index in [1.807, 2.05) is 52.7 Å². The van der Waals surface area contributed by atoms with Gasteiger partial charge in [-0.1, -0.05) is 162 Å². The average Bonchev–Trinajstić information content (AvgIpc) is 0.708. The minimum Gasteiger partial charge on any atom is -0.481 e. The third-order valence-electron chi connectivity index (χ3n) is 35.1. The van der Waals surface area contributed by atoms with Gasteiger partial charge in [-0.3, -0.25) is 35.6 Å². The maximum atomic E-state index is 13.6. The predicted octanol–water partition coefficient (Wildman–Crippen LogP) is 16.5. The van der Waals surface area contributed by atoms with Crippen molar-refractivity contribution in [3.8, 4) is 11.4 Å². The normalized spacial score (nSPS) is 39.7. The number of carbonyl (C=O) groups is 3. The molecule has 10 aliphatic rings. The van der Waals surface area contributed by atoms with Crippen LogP contribution in [0.3, 0.4) is 0 Å². The Morgan fingerprint density at radius 3 is 1.46 bits per heavy atom. The van der Waals surface area contributed by atoms with Crippen LogP contribution < -0.4 is 21.9 Å². The number of aliphatic carboxylic acids is 2.